The van der Waals surface area contributed by atoms with E-state index in [1.165, 1.54) is 77.2 Å². The van der Waals surface area contributed by atoms with Gasteiger partial charge in [-0.25, -0.2) is 0 Å². The SMILES string of the molecule is CC(C)CNCC1(CC2CCC3(CCCCC3)O2)CCC1. The highest BCUT2D eigenvalue weighted by Crippen LogP contribution is 2.49. The summed E-state index contributed by atoms with van der Waals surface area (Å²) < 4.78 is 6.62. The second-order valence-corrected chi connectivity index (χ2v) is 8.60. The van der Waals surface area contributed by atoms with Crippen LogP contribution in [0.1, 0.15) is 84.5 Å². The molecule has 122 valence electrons. The maximum atomic E-state index is 6.62. The summed E-state index contributed by atoms with van der Waals surface area (Å²) in [4.78, 5) is 0. The highest BCUT2D eigenvalue weighted by Gasteiger charge is 2.45. The van der Waals surface area contributed by atoms with Gasteiger partial charge in [0.2, 0.25) is 0 Å². The van der Waals surface area contributed by atoms with Crippen LogP contribution in [0.4, 0.5) is 0 Å². The number of hydrogen-bond donors (Lipinski definition) is 1. The quantitative estimate of drug-likeness (QED) is 0.768. The predicted molar refractivity (Wildman–Crippen MR) is 88.5 cm³/mol. The van der Waals surface area contributed by atoms with E-state index in [1.54, 1.807) is 0 Å². The van der Waals surface area contributed by atoms with Gasteiger partial charge in [0.05, 0.1) is 11.7 Å². The first kappa shape index (κ1) is 15.8. The Kier molecular flexibility index (Phi) is 4.95. The first-order valence-electron chi connectivity index (χ1n) is 9.50. The van der Waals surface area contributed by atoms with Crippen molar-refractivity contribution in [2.24, 2.45) is 11.3 Å². The molecule has 0 amide bonds. The first-order valence-corrected chi connectivity index (χ1v) is 9.50. The third kappa shape index (κ3) is 3.82. The van der Waals surface area contributed by atoms with Gasteiger partial charge in [-0.15, -0.1) is 0 Å². The summed E-state index contributed by atoms with van der Waals surface area (Å²) in [7, 11) is 0. The van der Waals surface area contributed by atoms with Crippen LogP contribution in [0.5, 0.6) is 0 Å². The second kappa shape index (κ2) is 6.58. The highest BCUT2D eigenvalue weighted by molar-refractivity contribution is 4.97. The third-order valence-electron chi connectivity index (χ3n) is 6.23. The Morgan fingerprint density at radius 2 is 1.76 bits per heavy atom. The maximum absolute atomic E-state index is 6.62. The Bertz CT molecular complexity index is 328. The molecule has 1 saturated heterocycles. The van der Waals surface area contributed by atoms with E-state index in [-0.39, 0.29) is 0 Å². The molecule has 1 N–H and O–H groups in total. The van der Waals surface area contributed by atoms with Crippen molar-refractivity contribution < 1.29 is 4.74 Å². The lowest BCUT2D eigenvalue weighted by molar-refractivity contribution is -0.0846. The van der Waals surface area contributed by atoms with Crippen molar-refractivity contribution >= 4 is 0 Å². The van der Waals surface area contributed by atoms with Crippen molar-refractivity contribution in [2.45, 2.75) is 96.2 Å². The van der Waals surface area contributed by atoms with Crippen LogP contribution in [0, 0.1) is 11.3 Å². The normalized spacial score (nSPS) is 30.7. The fourth-order valence-corrected chi connectivity index (χ4v) is 4.84. The topological polar surface area (TPSA) is 21.3 Å². The lowest BCUT2D eigenvalue weighted by Gasteiger charge is -2.44. The van der Waals surface area contributed by atoms with Gasteiger partial charge in [-0.3, -0.25) is 0 Å². The summed E-state index contributed by atoms with van der Waals surface area (Å²) in [5.74, 6) is 0.760. The van der Waals surface area contributed by atoms with Crippen LogP contribution in [-0.2, 0) is 4.74 Å². The molecule has 21 heavy (non-hydrogen) atoms. The molecule has 0 aromatic heterocycles. The van der Waals surface area contributed by atoms with Crippen LogP contribution in [0.2, 0.25) is 0 Å². The number of ether oxygens (including phenoxy) is 1. The minimum Gasteiger partial charge on any atom is -0.372 e. The van der Waals surface area contributed by atoms with Crippen molar-refractivity contribution in [3.05, 3.63) is 0 Å². The lowest BCUT2D eigenvalue weighted by Crippen LogP contribution is -2.43. The van der Waals surface area contributed by atoms with Crippen LogP contribution >= 0.6 is 0 Å². The Hall–Kier alpha value is -0.0800. The van der Waals surface area contributed by atoms with Crippen LogP contribution in [-0.4, -0.2) is 24.8 Å². The Morgan fingerprint density at radius 1 is 1.00 bits per heavy atom. The fourth-order valence-electron chi connectivity index (χ4n) is 4.84. The van der Waals surface area contributed by atoms with Gasteiger partial charge in [0.1, 0.15) is 0 Å². The molecule has 0 aromatic rings. The number of nitrogens with one attached hydrogen (secondary N) is 1. The molecule has 1 aliphatic heterocycles. The molecule has 0 radical (unpaired) electrons. The summed E-state index contributed by atoms with van der Waals surface area (Å²) in [5, 5.41) is 3.72. The molecule has 1 spiro atoms. The van der Waals surface area contributed by atoms with Gasteiger partial charge in [0, 0.05) is 6.54 Å². The molecule has 1 atom stereocenters. The molecule has 3 rings (SSSR count). The van der Waals surface area contributed by atoms with E-state index in [1.807, 2.05) is 0 Å². The van der Waals surface area contributed by atoms with Gasteiger partial charge < -0.3 is 10.1 Å². The van der Waals surface area contributed by atoms with Crippen molar-refractivity contribution in [1.82, 2.24) is 5.32 Å². The van der Waals surface area contributed by atoms with Gasteiger partial charge in [-0.2, -0.15) is 0 Å². The minimum absolute atomic E-state index is 0.305. The Morgan fingerprint density at radius 3 is 2.38 bits per heavy atom. The summed E-state index contributed by atoms with van der Waals surface area (Å²) in [5.41, 5.74) is 0.874. The molecule has 3 aliphatic rings. The molecular formula is C19H35NO. The zero-order valence-corrected chi connectivity index (χ0v) is 14.3. The van der Waals surface area contributed by atoms with Crippen LogP contribution in [0.25, 0.3) is 0 Å². The molecule has 0 bridgehead atoms. The van der Waals surface area contributed by atoms with E-state index in [2.05, 4.69) is 19.2 Å². The first-order chi connectivity index (χ1) is 10.1. The monoisotopic (exact) mass is 293 g/mol. The third-order valence-corrected chi connectivity index (χ3v) is 6.23. The summed E-state index contributed by atoms with van der Waals surface area (Å²) in [6.07, 6.45) is 15.7. The smallest absolute Gasteiger partial charge is 0.0687 e. The summed E-state index contributed by atoms with van der Waals surface area (Å²) in [6.45, 7) is 6.98. The van der Waals surface area contributed by atoms with Gasteiger partial charge in [0.15, 0.2) is 0 Å². The minimum atomic E-state index is 0.305. The molecule has 2 aliphatic carbocycles. The fraction of sp³-hybridized carbons (Fsp3) is 1.00. The Labute approximate surface area is 131 Å². The van der Waals surface area contributed by atoms with E-state index in [0.717, 1.165) is 12.5 Å². The van der Waals surface area contributed by atoms with E-state index >= 15 is 0 Å². The number of rotatable bonds is 6. The zero-order valence-electron chi connectivity index (χ0n) is 14.3. The molecule has 2 saturated carbocycles. The van der Waals surface area contributed by atoms with Gasteiger partial charge in [-0.1, -0.05) is 39.5 Å². The summed E-state index contributed by atoms with van der Waals surface area (Å²) >= 11 is 0. The van der Waals surface area contributed by atoms with Gasteiger partial charge in [0.25, 0.3) is 0 Å². The van der Waals surface area contributed by atoms with Crippen LogP contribution in [0.3, 0.4) is 0 Å². The van der Waals surface area contributed by atoms with Crippen molar-refractivity contribution in [3.63, 3.8) is 0 Å². The number of hydrogen-bond acceptors (Lipinski definition) is 2. The maximum Gasteiger partial charge on any atom is 0.0687 e. The molecule has 1 unspecified atom stereocenters. The Balaban J connectivity index is 1.48. The standard InChI is InChI=1S/C19H35NO/c1-16(2)14-20-15-18(8-6-9-18)13-17-7-12-19(21-17)10-4-3-5-11-19/h16-17,20H,3-15H2,1-2H3. The average molecular weight is 293 g/mol. The molecular weight excluding hydrogens is 258 g/mol. The predicted octanol–water partition coefficient (Wildman–Crippen LogP) is 4.67. The molecule has 1 heterocycles. The summed E-state index contributed by atoms with van der Waals surface area (Å²) in [6, 6.07) is 0. The van der Waals surface area contributed by atoms with Gasteiger partial charge in [-0.05, 0) is 62.8 Å². The van der Waals surface area contributed by atoms with Crippen molar-refractivity contribution in [1.29, 1.82) is 0 Å². The zero-order chi connectivity index (χ0) is 14.8. The molecule has 3 fully saturated rings. The largest absolute Gasteiger partial charge is 0.372 e. The van der Waals surface area contributed by atoms with Crippen molar-refractivity contribution in [3.8, 4) is 0 Å². The second-order valence-electron chi connectivity index (χ2n) is 8.60. The molecule has 2 heteroatoms. The lowest BCUT2D eigenvalue weighted by atomic mass is 9.65. The van der Waals surface area contributed by atoms with E-state index < -0.39 is 0 Å². The van der Waals surface area contributed by atoms with Crippen LogP contribution in [0.15, 0.2) is 0 Å². The average Bonchev–Trinajstić information content (AvgIpc) is 2.79. The van der Waals surface area contributed by atoms with Gasteiger partial charge >= 0.3 is 0 Å². The van der Waals surface area contributed by atoms with E-state index in [4.69, 9.17) is 4.74 Å². The van der Waals surface area contributed by atoms with Crippen LogP contribution < -0.4 is 5.32 Å². The molecule has 2 nitrogen and oxygen atoms in total. The molecule has 0 aromatic carbocycles. The van der Waals surface area contributed by atoms with E-state index in [9.17, 15) is 0 Å². The highest BCUT2D eigenvalue weighted by atomic mass is 16.5. The van der Waals surface area contributed by atoms with E-state index in [0.29, 0.717) is 17.1 Å². The van der Waals surface area contributed by atoms with Crippen molar-refractivity contribution in [2.75, 3.05) is 13.1 Å².